The van der Waals surface area contributed by atoms with Gasteiger partial charge in [0.15, 0.2) is 0 Å². The fourth-order valence-electron chi connectivity index (χ4n) is 2.87. The van der Waals surface area contributed by atoms with E-state index in [0.717, 1.165) is 34.2 Å². The average molecular weight is 262 g/mol. The van der Waals surface area contributed by atoms with Crippen LogP contribution in [0, 0.1) is 0 Å². The monoisotopic (exact) mass is 261 g/mol. The molecule has 0 radical (unpaired) electrons. The van der Waals surface area contributed by atoms with E-state index in [0.29, 0.717) is 12.3 Å². The maximum Gasteiger partial charge on any atom is 0.120 e. The SMILES string of the molecule is NCC1(c2cc3cc(Cl)ccc3cc2O)CCC1. The van der Waals surface area contributed by atoms with Gasteiger partial charge in [-0.05, 0) is 47.9 Å². The number of fused-ring (bicyclic) bond motifs is 1. The van der Waals surface area contributed by atoms with Crippen LogP contribution in [0.3, 0.4) is 0 Å². The molecule has 2 aromatic rings. The van der Waals surface area contributed by atoms with Crippen molar-refractivity contribution in [1.82, 2.24) is 0 Å². The van der Waals surface area contributed by atoms with Crippen LogP contribution in [0.1, 0.15) is 24.8 Å². The van der Waals surface area contributed by atoms with Crippen LogP contribution in [0.25, 0.3) is 10.8 Å². The van der Waals surface area contributed by atoms with Crippen LogP contribution < -0.4 is 5.73 Å². The molecule has 0 aliphatic heterocycles. The van der Waals surface area contributed by atoms with Gasteiger partial charge in [-0.25, -0.2) is 0 Å². The molecule has 94 valence electrons. The summed E-state index contributed by atoms with van der Waals surface area (Å²) in [6, 6.07) is 9.56. The van der Waals surface area contributed by atoms with E-state index in [9.17, 15) is 5.11 Å². The van der Waals surface area contributed by atoms with Gasteiger partial charge < -0.3 is 10.8 Å². The van der Waals surface area contributed by atoms with Crippen LogP contribution in [-0.4, -0.2) is 11.7 Å². The molecule has 0 spiro atoms. The number of benzene rings is 2. The number of hydrogen-bond acceptors (Lipinski definition) is 2. The molecular weight excluding hydrogens is 246 g/mol. The molecule has 1 fully saturated rings. The van der Waals surface area contributed by atoms with E-state index in [1.165, 1.54) is 6.42 Å². The Kier molecular flexibility index (Phi) is 2.72. The lowest BCUT2D eigenvalue weighted by Gasteiger charge is -2.41. The Bertz CT molecular complexity index is 599. The van der Waals surface area contributed by atoms with E-state index in [-0.39, 0.29) is 5.41 Å². The van der Waals surface area contributed by atoms with Crippen molar-refractivity contribution in [2.45, 2.75) is 24.7 Å². The summed E-state index contributed by atoms with van der Waals surface area (Å²) < 4.78 is 0. The van der Waals surface area contributed by atoms with Crippen molar-refractivity contribution < 1.29 is 5.11 Å². The molecule has 2 aromatic carbocycles. The summed E-state index contributed by atoms with van der Waals surface area (Å²) in [5, 5.41) is 13.0. The molecule has 0 unspecified atom stereocenters. The Morgan fingerprint density at radius 1 is 1.17 bits per heavy atom. The van der Waals surface area contributed by atoms with Gasteiger partial charge in [-0.3, -0.25) is 0 Å². The van der Waals surface area contributed by atoms with E-state index in [1.54, 1.807) is 0 Å². The van der Waals surface area contributed by atoms with Gasteiger partial charge in [0.1, 0.15) is 5.75 Å². The molecular formula is C15H16ClNO. The first-order chi connectivity index (χ1) is 8.64. The molecule has 0 bridgehead atoms. The second-order valence-corrected chi connectivity index (χ2v) is 5.64. The van der Waals surface area contributed by atoms with Crippen LogP contribution in [0.4, 0.5) is 0 Å². The van der Waals surface area contributed by atoms with Gasteiger partial charge >= 0.3 is 0 Å². The highest BCUT2D eigenvalue weighted by Gasteiger charge is 2.39. The van der Waals surface area contributed by atoms with Crippen LogP contribution >= 0.6 is 11.6 Å². The lowest BCUT2D eigenvalue weighted by Crippen LogP contribution is -2.41. The number of phenols is 1. The number of aromatic hydroxyl groups is 1. The van der Waals surface area contributed by atoms with E-state index >= 15 is 0 Å². The van der Waals surface area contributed by atoms with E-state index in [1.807, 2.05) is 30.3 Å². The quantitative estimate of drug-likeness (QED) is 0.868. The van der Waals surface area contributed by atoms with Crippen LogP contribution in [-0.2, 0) is 5.41 Å². The number of hydrogen-bond donors (Lipinski definition) is 2. The molecule has 0 aromatic heterocycles. The smallest absolute Gasteiger partial charge is 0.120 e. The molecule has 1 aliphatic rings. The van der Waals surface area contributed by atoms with E-state index in [2.05, 4.69) is 0 Å². The maximum absolute atomic E-state index is 10.2. The fourth-order valence-corrected chi connectivity index (χ4v) is 3.05. The molecule has 2 nitrogen and oxygen atoms in total. The number of rotatable bonds is 2. The molecule has 3 N–H and O–H groups in total. The molecule has 3 heteroatoms. The van der Waals surface area contributed by atoms with Crippen LogP contribution in [0.5, 0.6) is 5.75 Å². The summed E-state index contributed by atoms with van der Waals surface area (Å²) in [4.78, 5) is 0. The van der Waals surface area contributed by atoms with Crippen molar-refractivity contribution >= 4 is 22.4 Å². The zero-order valence-electron chi connectivity index (χ0n) is 10.1. The maximum atomic E-state index is 10.2. The Hall–Kier alpha value is -1.25. The molecule has 1 saturated carbocycles. The lowest BCUT2D eigenvalue weighted by molar-refractivity contribution is 0.245. The van der Waals surface area contributed by atoms with Gasteiger partial charge in [0.05, 0.1) is 0 Å². The Morgan fingerprint density at radius 2 is 1.94 bits per heavy atom. The summed E-state index contributed by atoms with van der Waals surface area (Å²) in [6.07, 6.45) is 3.30. The van der Waals surface area contributed by atoms with Crippen molar-refractivity contribution in [3.8, 4) is 5.75 Å². The Morgan fingerprint density at radius 3 is 2.56 bits per heavy atom. The van der Waals surface area contributed by atoms with Gasteiger partial charge in [0, 0.05) is 22.5 Å². The Labute approximate surface area is 111 Å². The molecule has 1 aliphatic carbocycles. The standard InChI is InChI=1S/C15H16ClNO/c16-12-3-2-10-8-14(18)13(7-11(10)6-12)15(9-17)4-1-5-15/h2-3,6-8,18H,1,4-5,9,17H2. The van der Waals surface area contributed by atoms with Gasteiger partial charge in [-0.1, -0.05) is 24.1 Å². The van der Waals surface area contributed by atoms with Gasteiger partial charge in [-0.2, -0.15) is 0 Å². The molecule has 0 saturated heterocycles. The largest absolute Gasteiger partial charge is 0.508 e. The lowest BCUT2D eigenvalue weighted by atomic mass is 9.64. The third-order valence-electron chi connectivity index (χ3n) is 4.19. The number of nitrogens with two attached hydrogens (primary N) is 1. The normalized spacial score (nSPS) is 17.7. The summed E-state index contributed by atoms with van der Waals surface area (Å²) >= 11 is 6.02. The zero-order valence-corrected chi connectivity index (χ0v) is 10.9. The van der Waals surface area contributed by atoms with Gasteiger partial charge in [0.2, 0.25) is 0 Å². The third-order valence-corrected chi connectivity index (χ3v) is 4.42. The summed E-state index contributed by atoms with van der Waals surface area (Å²) in [7, 11) is 0. The van der Waals surface area contributed by atoms with Crippen LogP contribution in [0.15, 0.2) is 30.3 Å². The fraction of sp³-hybridized carbons (Fsp3) is 0.333. The van der Waals surface area contributed by atoms with Crippen LogP contribution in [0.2, 0.25) is 5.02 Å². The predicted molar refractivity (Wildman–Crippen MR) is 75.2 cm³/mol. The predicted octanol–water partition coefficient (Wildman–Crippen LogP) is 3.58. The van der Waals surface area contributed by atoms with Crippen molar-refractivity contribution in [1.29, 1.82) is 0 Å². The average Bonchev–Trinajstić information content (AvgIpc) is 2.29. The van der Waals surface area contributed by atoms with Crippen molar-refractivity contribution in [2.75, 3.05) is 6.54 Å². The number of halogens is 1. The van der Waals surface area contributed by atoms with E-state index in [4.69, 9.17) is 17.3 Å². The summed E-state index contributed by atoms with van der Waals surface area (Å²) in [5.74, 6) is 0.356. The minimum absolute atomic E-state index is 0.0272. The van der Waals surface area contributed by atoms with Crippen molar-refractivity contribution in [3.05, 3.63) is 40.9 Å². The Balaban J connectivity index is 2.20. The summed E-state index contributed by atoms with van der Waals surface area (Å²) in [5.41, 5.74) is 6.86. The minimum atomic E-state index is -0.0272. The topological polar surface area (TPSA) is 46.2 Å². The molecule has 0 amide bonds. The zero-order chi connectivity index (χ0) is 12.8. The minimum Gasteiger partial charge on any atom is -0.508 e. The molecule has 18 heavy (non-hydrogen) atoms. The highest BCUT2D eigenvalue weighted by molar-refractivity contribution is 6.31. The molecule has 0 heterocycles. The van der Waals surface area contributed by atoms with Gasteiger partial charge in [0.25, 0.3) is 0 Å². The van der Waals surface area contributed by atoms with Gasteiger partial charge in [-0.15, -0.1) is 0 Å². The van der Waals surface area contributed by atoms with Crippen molar-refractivity contribution in [3.63, 3.8) is 0 Å². The first kappa shape index (κ1) is 11.8. The first-order valence-corrected chi connectivity index (χ1v) is 6.65. The highest BCUT2D eigenvalue weighted by atomic mass is 35.5. The molecule has 3 rings (SSSR count). The van der Waals surface area contributed by atoms with E-state index < -0.39 is 0 Å². The second-order valence-electron chi connectivity index (χ2n) is 5.20. The van der Waals surface area contributed by atoms with Crippen molar-refractivity contribution in [2.24, 2.45) is 5.73 Å². The highest BCUT2D eigenvalue weighted by Crippen LogP contribution is 2.47. The first-order valence-electron chi connectivity index (χ1n) is 6.27. The second kappa shape index (κ2) is 4.15. The molecule has 0 atom stereocenters. The number of phenolic OH excluding ortho intramolecular Hbond substituents is 1. The summed E-state index contributed by atoms with van der Waals surface area (Å²) in [6.45, 7) is 0.590. The third kappa shape index (κ3) is 1.68.